The van der Waals surface area contributed by atoms with E-state index >= 15 is 0 Å². The fourth-order valence-corrected chi connectivity index (χ4v) is 1.06. The van der Waals surface area contributed by atoms with Crippen LogP contribution in [0.2, 0.25) is 0 Å². The summed E-state index contributed by atoms with van der Waals surface area (Å²) in [4.78, 5) is 20.4. The van der Waals surface area contributed by atoms with Crippen molar-refractivity contribution in [1.82, 2.24) is 0 Å². The monoisotopic (exact) mass is 226 g/mol. The maximum absolute atomic E-state index is 11.1. The molecule has 0 aromatic carbocycles. The highest BCUT2D eigenvalue weighted by Crippen LogP contribution is 2.00. The molecule has 0 heterocycles. The van der Waals surface area contributed by atoms with Crippen LogP contribution in [0.3, 0.4) is 0 Å². The van der Waals surface area contributed by atoms with Crippen molar-refractivity contribution < 1.29 is 14.6 Å². The van der Waals surface area contributed by atoms with Gasteiger partial charge in [0.25, 0.3) is 0 Å². The van der Waals surface area contributed by atoms with E-state index in [0.29, 0.717) is 19.4 Å². The minimum atomic E-state index is -0.282. The van der Waals surface area contributed by atoms with Crippen LogP contribution in [0.4, 0.5) is 0 Å². The van der Waals surface area contributed by atoms with Crippen LogP contribution in [0.1, 0.15) is 58.8 Å². The molecule has 0 N–H and O–H groups in total. The summed E-state index contributed by atoms with van der Waals surface area (Å²) in [6, 6.07) is 0. The van der Waals surface area contributed by atoms with Crippen LogP contribution in [0.5, 0.6) is 0 Å². The first-order valence-electron chi connectivity index (χ1n) is 6.09. The molecule has 92 valence electrons. The number of rotatable bonds is 8. The Morgan fingerprint density at radius 1 is 1.06 bits per heavy atom. The Hall–Kier alpha value is -1.01. The smallest absolute Gasteiger partial charge is 0.298 e. The standard InChI is InChI=1S/C13H22O3/c1-3-5-7-8-10-12-15-16-13(14)11-9-6-4-2/h3-6,9-12H2,1-2H3. The Labute approximate surface area is 98.4 Å². The number of unbranched alkanes of at least 4 members (excludes halogenated alkanes) is 3. The third-order valence-corrected chi connectivity index (χ3v) is 1.95. The molecule has 3 nitrogen and oxygen atoms in total. The van der Waals surface area contributed by atoms with Crippen LogP contribution in [0, 0.1) is 11.8 Å². The molecule has 0 aliphatic heterocycles. The number of carbonyl (C=O) groups is 1. The molecule has 0 saturated heterocycles. The van der Waals surface area contributed by atoms with Gasteiger partial charge in [0.15, 0.2) is 0 Å². The van der Waals surface area contributed by atoms with Crippen LogP contribution < -0.4 is 0 Å². The van der Waals surface area contributed by atoms with Crippen LogP contribution in [-0.4, -0.2) is 12.6 Å². The van der Waals surface area contributed by atoms with Gasteiger partial charge in [0.05, 0.1) is 0 Å². The van der Waals surface area contributed by atoms with Crippen molar-refractivity contribution >= 4 is 5.97 Å². The first-order valence-corrected chi connectivity index (χ1v) is 6.09. The third kappa shape index (κ3) is 11.1. The predicted octanol–water partition coefficient (Wildman–Crippen LogP) is 3.24. The van der Waals surface area contributed by atoms with Crippen LogP contribution in [0.25, 0.3) is 0 Å². The zero-order valence-electron chi connectivity index (χ0n) is 10.4. The molecule has 0 rings (SSSR count). The maximum atomic E-state index is 11.1. The molecule has 0 aromatic rings. The molecule has 0 unspecified atom stereocenters. The first-order chi connectivity index (χ1) is 7.81. The lowest BCUT2D eigenvalue weighted by Crippen LogP contribution is -2.05. The van der Waals surface area contributed by atoms with Crippen LogP contribution in [0.15, 0.2) is 0 Å². The van der Waals surface area contributed by atoms with E-state index < -0.39 is 0 Å². The Morgan fingerprint density at radius 3 is 2.50 bits per heavy atom. The van der Waals surface area contributed by atoms with Gasteiger partial charge in [-0.1, -0.05) is 26.7 Å². The van der Waals surface area contributed by atoms with Gasteiger partial charge in [-0.3, -0.25) is 4.89 Å². The normalized spacial score (nSPS) is 9.38. The summed E-state index contributed by atoms with van der Waals surface area (Å²) >= 11 is 0. The van der Waals surface area contributed by atoms with E-state index in [-0.39, 0.29) is 5.97 Å². The van der Waals surface area contributed by atoms with Gasteiger partial charge in [-0.15, -0.1) is 11.8 Å². The summed E-state index contributed by atoms with van der Waals surface area (Å²) in [7, 11) is 0. The fourth-order valence-electron chi connectivity index (χ4n) is 1.06. The summed E-state index contributed by atoms with van der Waals surface area (Å²) in [5.74, 6) is 5.66. The average molecular weight is 226 g/mol. The number of hydrogen-bond acceptors (Lipinski definition) is 3. The summed E-state index contributed by atoms with van der Waals surface area (Å²) in [5, 5.41) is 0. The molecule has 0 aliphatic rings. The highest BCUT2D eigenvalue weighted by molar-refractivity contribution is 5.68. The van der Waals surface area contributed by atoms with Crippen molar-refractivity contribution in [2.24, 2.45) is 0 Å². The Kier molecular flexibility index (Phi) is 11.3. The molecule has 0 aliphatic carbocycles. The predicted molar refractivity (Wildman–Crippen MR) is 63.5 cm³/mol. The van der Waals surface area contributed by atoms with E-state index in [1.807, 2.05) is 0 Å². The van der Waals surface area contributed by atoms with E-state index in [1.54, 1.807) is 0 Å². The van der Waals surface area contributed by atoms with E-state index in [4.69, 9.17) is 4.89 Å². The van der Waals surface area contributed by atoms with Crippen LogP contribution in [-0.2, 0) is 14.6 Å². The minimum absolute atomic E-state index is 0.282. The molecule has 0 bridgehead atoms. The zero-order chi connectivity index (χ0) is 12.1. The Balaban J connectivity index is 3.25. The second-order valence-electron chi connectivity index (χ2n) is 3.59. The van der Waals surface area contributed by atoms with Gasteiger partial charge in [0, 0.05) is 19.3 Å². The maximum Gasteiger partial charge on any atom is 0.342 e. The lowest BCUT2D eigenvalue weighted by molar-refractivity contribution is -0.271. The van der Waals surface area contributed by atoms with Crippen molar-refractivity contribution in [3.8, 4) is 11.8 Å². The third-order valence-electron chi connectivity index (χ3n) is 1.95. The molecular weight excluding hydrogens is 204 g/mol. The largest absolute Gasteiger partial charge is 0.342 e. The Bertz CT molecular complexity index is 225. The molecule has 0 amide bonds. The molecule has 0 aromatic heterocycles. The van der Waals surface area contributed by atoms with E-state index in [0.717, 1.165) is 32.1 Å². The summed E-state index contributed by atoms with van der Waals surface area (Å²) < 4.78 is 0. The summed E-state index contributed by atoms with van der Waals surface area (Å²) in [6.45, 7) is 4.54. The van der Waals surface area contributed by atoms with Crippen molar-refractivity contribution in [3.05, 3.63) is 0 Å². The van der Waals surface area contributed by atoms with Crippen LogP contribution >= 0.6 is 0 Å². The second-order valence-corrected chi connectivity index (χ2v) is 3.59. The van der Waals surface area contributed by atoms with E-state index in [1.165, 1.54) is 0 Å². The molecule has 0 atom stereocenters. The fraction of sp³-hybridized carbons (Fsp3) is 0.769. The van der Waals surface area contributed by atoms with Crippen molar-refractivity contribution in [2.75, 3.05) is 6.61 Å². The highest BCUT2D eigenvalue weighted by Gasteiger charge is 2.02. The van der Waals surface area contributed by atoms with E-state index in [9.17, 15) is 4.79 Å². The number of hydrogen-bond donors (Lipinski definition) is 0. The topological polar surface area (TPSA) is 35.5 Å². The molecule has 16 heavy (non-hydrogen) atoms. The highest BCUT2D eigenvalue weighted by atomic mass is 17.2. The number of carbonyl (C=O) groups excluding carboxylic acids is 1. The molecule has 0 radical (unpaired) electrons. The average Bonchev–Trinajstić information content (AvgIpc) is 2.28. The summed E-state index contributed by atoms with van der Waals surface area (Å²) in [5.41, 5.74) is 0. The Morgan fingerprint density at radius 2 is 1.81 bits per heavy atom. The molecule has 3 heteroatoms. The van der Waals surface area contributed by atoms with Gasteiger partial charge < -0.3 is 0 Å². The first kappa shape index (κ1) is 15.0. The van der Waals surface area contributed by atoms with Gasteiger partial charge in [-0.25, -0.2) is 4.79 Å². The molecule has 0 fully saturated rings. The van der Waals surface area contributed by atoms with Gasteiger partial charge in [0.2, 0.25) is 0 Å². The summed E-state index contributed by atoms with van der Waals surface area (Å²) in [6.07, 6.45) is 6.06. The zero-order valence-corrected chi connectivity index (χ0v) is 10.4. The van der Waals surface area contributed by atoms with Gasteiger partial charge in [-0.05, 0) is 12.8 Å². The van der Waals surface area contributed by atoms with Crippen molar-refractivity contribution in [3.63, 3.8) is 0 Å². The van der Waals surface area contributed by atoms with Gasteiger partial charge in [-0.2, -0.15) is 4.89 Å². The lowest BCUT2D eigenvalue weighted by atomic mass is 10.2. The van der Waals surface area contributed by atoms with Crippen molar-refractivity contribution in [1.29, 1.82) is 0 Å². The van der Waals surface area contributed by atoms with E-state index in [2.05, 4.69) is 30.6 Å². The van der Waals surface area contributed by atoms with Gasteiger partial charge >= 0.3 is 5.97 Å². The van der Waals surface area contributed by atoms with Crippen molar-refractivity contribution in [2.45, 2.75) is 58.8 Å². The quantitative estimate of drug-likeness (QED) is 0.276. The SMILES string of the molecule is CCCC#CCCOOC(=O)CCCCC. The molecular formula is C13H22O3. The molecule has 0 spiro atoms. The minimum Gasteiger partial charge on any atom is -0.298 e. The van der Waals surface area contributed by atoms with Gasteiger partial charge in [0.1, 0.15) is 6.61 Å². The lowest BCUT2D eigenvalue weighted by Gasteiger charge is -2.01. The second kappa shape index (κ2) is 12.1. The molecule has 0 saturated carbocycles.